The Morgan fingerprint density at radius 3 is 2.61 bits per heavy atom. The molecule has 11 heteroatoms. The third-order valence-corrected chi connectivity index (χ3v) is 9.51. The summed E-state index contributed by atoms with van der Waals surface area (Å²) >= 11 is 3.24. The summed E-state index contributed by atoms with van der Waals surface area (Å²) < 4.78 is 17.7. The lowest BCUT2D eigenvalue weighted by atomic mass is 9.91. The second-order valence-electron chi connectivity index (χ2n) is 10.1. The molecule has 2 fully saturated rings. The summed E-state index contributed by atoms with van der Waals surface area (Å²) in [6, 6.07) is 6.37. The first kappa shape index (κ1) is 31.6. The number of carbonyl (C=O) groups is 2. The maximum atomic E-state index is 13.1. The van der Waals surface area contributed by atoms with Gasteiger partial charge in [0.15, 0.2) is 0 Å². The van der Waals surface area contributed by atoms with Crippen LogP contribution in [-0.4, -0.2) is 88.7 Å². The molecule has 1 amide bonds. The molecule has 0 radical (unpaired) electrons. The number of hydrogen-bond acceptors (Lipinski definition) is 9. The van der Waals surface area contributed by atoms with E-state index in [4.69, 9.17) is 14.2 Å². The molecule has 214 valence electrons. The Hall–Kier alpha value is -0.960. The first-order valence-electron chi connectivity index (χ1n) is 13.2. The summed E-state index contributed by atoms with van der Waals surface area (Å²) in [5.41, 5.74) is -0.432. The van der Waals surface area contributed by atoms with Crippen LogP contribution in [0.1, 0.15) is 56.3 Å². The van der Waals surface area contributed by atoms with Gasteiger partial charge in [-0.3, -0.25) is 4.79 Å². The van der Waals surface area contributed by atoms with Crippen molar-refractivity contribution in [2.45, 2.75) is 87.9 Å². The van der Waals surface area contributed by atoms with Crippen LogP contribution in [0.25, 0.3) is 0 Å². The zero-order valence-corrected chi connectivity index (χ0v) is 25.1. The summed E-state index contributed by atoms with van der Waals surface area (Å²) in [4.78, 5) is 25.5. The van der Waals surface area contributed by atoms with Crippen LogP contribution in [0, 0.1) is 15.4 Å². The fraction of sp³-hybridized carbons (Fsp3) is 0.704. The van der Waals surface area contributed by atoms with Crippen molar-refractivity contribution >= 4 is 46.2 Å². The van der Waals surface area contributed by atoms with Gasteiger partial charge in [-0.2, -0.15) is 0 Å². The summed E-state index contributed by atoms with van der Waals surface area (Å²) in [6.45, 7) is 3.98. The van der Waals surface area contributed by atoms with Gasteiger partial charge in [0.2, 0.25) is 5.91 Å². The van der Waals surface area contributed by atoms with Gasteiger partial charge in [0.25, 0.3) is 0 Å². The van der Waals surface area contributed by atoms with Gasteiger partial charge in [-0.25, -0.2) is 4.79 Å². The molecule has 9 atom stereocenters. The third kappa shape index (κ3) is 8.05. The largest absolute Gasteiger partial charge is 0.461 e. The van der Waals surface area contributed by atoms with Crippen molar-refractivity contribution in [1.82, 2.24) is 5.32 Å². The minimum atomic E-state index is -1.48. The van der Waals surface area contributed by atoms with Crippen LogP contribution in [0.3, 0.4) is 0 Å². The zero-order valence-electron chi connectivity index (χ0n) is 22.1. The van der Waals surface area contributed by atoms with E-state index in [2.05, 4.69) is 34.8 Å². The first-order chi connectivity index (χ1) is 18.2. The zero-order chi connectivity index (χ0) is 27.8. The van der Waals surface area contributed by atoms with Crippen LogP contribution in [0.15, 0.2) is 24.3 Å². The van der Waals surface area contributed by atoms with Crippen molar-refractivity contribution in [3.05, 3.63) is 33.4 Å². The van der Waals surface area contributed by atoms with Crippen LogP contribution >= 0.6 is 34.4 Å². The van der Waals surface area contributed by atoms with Gasteiger partial charge >= 0.3 is 5.97 Å². The van der Waals surface area contributed by atoms with Gasteiger partial charge in [0.1, 0.15) is 36.5 Å². The second-order valence-corrected chi connectivity index (χ2v) is 12.4. The van der Waals surface area contributed by atoms with Crippen LogP contribution in [-0.2, 0) is 19.0 Å². The predicted molar refractivity (Wildman–Crippen MR) is 153 cm³/mol. The molecule has 1 aromatic rings. The van der Waals surface area contributed by atoms with E-state index in [1.165, 1.54) is 18.9 Å². The van der Waals surface area contributed by atoms with Crippen LogP contribution < -0.4 is 5.32 Å². The fourth-order valence-corrected chi connectivity index (χ4v) is 6.77. The van der Waals surface area contributed by atoms with Crippen molar-refractivity contribution in [3.8, 4) is 0 Å². The van der Waals surface area contributed by atoms with Crippen molar-refractivity contribution in [2.24, 2.45) is 11.8 Å². The molecule has 0 spiro atoms. The molecule has 1 saturated heterocycles. The van der Waals surface area contributed by atoms with E-state index in [0.29, 0.717) is 17.2 Å². The molecule has 4 N–H and O–H groups in total. The molecular formula is C27H40INO8S. The lowest BCUT2D eigenvalue weighted by molar-refractivity contribution is -0.212. The highest BCUT2D eigenvalue weighted by molar-refractivity contribution is 14.1. The van der Waals surface area contributed by atoms with E-state index < -0.39 is 48.0 Å². The monoisotopic (exact) mass is 665 g/mol. The Bertz CT molecular complexity index is 923. The number of methoxy groups -OCH3 is 1. The molecule has 0 bridgehead atoms. The number of hydrogen-bond donors (Lipinski definition) is 4. The lowest BCUT2D eigenvalue weighted by Gasteiger charge is -2.44. The molecule has 3 rings (SSSR count). The molecule has 0 unspecified atom stereocenters. The number of esters is 1. The summed E-state index contributed by atoms with van der Waals surface area (Å²) in [6.07, 6.45) is -0.930. The molecule has 38 heavy (non-hydrogen) atoms. The number of aliphatic hydroxyl groups excluding tert-OH is 3. The minimum absolute atomic E-state index is 0.0691. The average Bonchev–Trinajstić information content (AvgIpc) is 3.38. The number of ether oxygens (including phenoxy) is 3. The summed E-state index contributed by atoms with van der Waals surface area (Å²) in [5.74, 6) is 0.175. The SMILES string of the molecule is CCC[C@H]1CC[C@H](C(=O)N[C@@H]([C@H]2O[C@H](SCCOC(=O)c3ccccc3I)[C@H](O)[C@@H](O)[C@H]2O)[C@@H](C)OC)C1. The smallest absolute Gasteiger partial charge is 0.339 e. The Kier molecular flexibility index (Phi) is 12.6. The van der Waals surface area contributed by atoms with E-state index >= 15 is 0 Å². The van der Waals surface area contributed by atoms with Gasteiger partial charge < -0.3 is 34.8 Å². The first-order valence-corrected chi connectivity index (χ1v) is 15.4. The van der Waals surface area contributed by atoms with Crippen molar-refractivity contribution in [1.29, 1.82) is 0 Å². The molecule has 1 aromatic carbocycles. The van der Waals surface area contributed by atoms with E-state index in [9.17, 15) is 24.9 Å². The van der Waals surface area contributed by atoms with Crippen molar-refractivity contribution in [3.63, 3.8) is 0 Å². The number of rotatable bonds is 12. The summed E-state index contributed by atoms with van der Waals surface area (Å²) in [7, 11) is 1.51. The van der Waals surface area contributed by atoms with E-state index in [0.717, 1.165) is 35.7 Å². The minimum Gasteiger partial charge on any atom is -0.461 e. The average molecular weight is 666 g/mol. The molecule has 9 nitrogen and oxygen atoms in total. The Labute approximate surface area is 242 Å². The number of aliphatic hydroxyl groups is 3. The second kappa shape index (κ2) is 15.2. The number of carbonyl (C=O) groups excluding carboxylic acids is 2. The fourth-order valence-electron chi connectivity index (χ4n) is 5.19. The molecule has 1 aliphatic carbocycles. The van der Waals surface area contributed by atoms with Gasteiger partial charge in [-0.05, 0) is 66.8 Å². The number of benzene rings is 1. The van der Waals surface area contributed by atoms with Gasteiger partial charge in [-0.15, -0.1) is 11.8 Å². The normalized spacial score (nSPS) is 31.0. The van der Waals surface area contributed by atoms with Crippen LogP contribution in [0.2, 0.25) is 0 Å². The molecule has 1 aliphatic heterocycles. The maximum absolute atomic E-state index is 13.1. The van der Waals surface area contributed by atoms with Gasteiger partial charge in [0.05, 0.1) is 17.7 Å². The van der Waals surface area contributed by atoms with E-state index in [-0.39, 0.29) is 18.4 Å². The highest BCUT2D eigenvalue weighted by atomic mass is 127. The van der Waals surface area contributed by atoms with Gasteiger partial charge in [-0.1, -0.05) is 31.9 Å². The number of thioether (sulfide) groups is 1. The Balaban J connectivity index is 1.60. The number of amides is 1. The third-order valence-electron chi connectivity index (χ3n) is 7.45. The molecule has 1 saturated carbocycles. The summed E-state index contributed by atoms with van der Waals surface area (Å²) in [5, 5.41) is 35.0. The topological polar surface area (TPSA) is 135 Å². The Morgan fingerprint density at radius 1 is 1.18 bits per heavy atom. The molecule has 2 aliphatic rings. The van der Waals surface area contributed by atoms with Gasteiger partial charge in [0, 0.05) is 22.4 Å². The van der Waals surface area contributed by atoms with Crippen LogP contribution in [0.4, 0.5) is 0 Å². The molecule has 1 heterocycles. The van der Waals surface area contributed by atoms with Crippen molar-refractivity contribution in [2.75, 3.05) is 19.5 Å². The lowest BCUT2D eigenvalue weighted by Crippen LogP contribution is -2.65. The Morgan fingerprint density at radius 2 is 1.92 bits per heavy atom. The van der Waals surface area contributed by atoms with E-state index in [1.807, 2.05) is 12.1 Å². The standard InChI is InChI=1S/C27H40INO8S/c1-4-7-16-10-11-17(14-16)25(33)29-20(15(2)35-3)24-22(31)21(30)23(32)27(37-24)38-13-12-36-26(34)18-8-5-6-9-19(18)28/h5-6,8-9,15-17,20-24,27,30-32H,4,7,10-14H2,1-3H3,(H,29,33)/t15-,16+,17+,20-,21+,22-,23-,24-,27-/m1/s1. The van der Waals surface area contributed by atoms with E-state index in [1.54, 1.807) is 19.1 Å². The van der Waals surface area contributed by atoms with Crippen LogP contribution in [0.5, 0.6) is 0 Å². The molecule has 0 aromatic heterocycles. The number of halogens is 1. The highest BCUT2D eigenvalue weighted by Gasteiger charge is 2.49. The quantitative estimate of drug-likeness (QED) is 0.151. The molecular weight excluding hydrogens is 625 g/mol. The predicted octanol–water partition coefficient (Wildman–Crippen LogP) is 2.72. The van der Waals surface area contributed by atoms with Crippen molar-refractivity contribution < 1.29 is 39.1 Å². The highest BCUT2D eigenvalue weighted by Crippen LogP contribution is 2.35. The number of nitrogens with one attached hydrogen (secondary N) is 1. The maximum Gasteiger partial charge on any atom is 0.339 e.